The van der Waals surface area contributed by atoms with Crippen LogP contribution in [-0.2, 0) is 30.9 Å². The molecule has 2 aromatic heterocycles. The summed E-state index contributed by atoms with van der Waals surface area (Å²) < 4.78 is 81.2. The molecule has 4 N–H and O–H groups in total. The lowest BCUT2D eigenvalue weighted by atomic mass is 9.78. The number of rotatable bonds is 7. The average molecular weight is 788 g/mol. The van der Waals surface area contributed by atoms with E-state index in [-0.39, 0.29) is 47.3 Å². The molecule has 5 aromatic rings. The number of amides is 2. The summed E-state index contributed by atoms with van der Waals surface area (Å²) in [5.74, 6) is -9.80. The Kier molecular flexibility index (Phi) is 8.93. The SMILES string of the molecule is COC(=O)N[C@H](C(=O)N1CC2(C[C@H]1c1ncc(-c3ccc4c(c3)C(F)(F)C(F)(F)c3cc(-c5ccc6nc([C@@H]7CCCN7)[nH]c6c5)ccc3-4)[nH]1)OCCO2)C(C)C. The number of carbonyl (C=O) groups is 2. The fourth-order valence-electron chi connectivity index (χ4n) is 8.61. The van der Waals surface area contributed by atoms with Crippen molar-refractivity contribution < 1.29 is 41.4 Å². The van der Waals surface area contributed by atoms with Gasteiger partial charge in [0, 0.05) is 23.1 Å². The Morgan fingerprint density at radius 3 is 2.25 bits per heavy atom. The molecule has 16 heteroatoms. The molecule has 2 amide bonds. The van der Waals surface area contributed by atoms with Gasteiger partial charge in [-0.3, -0.25) is 4.79 Å². The van der Waals surface area contributed by atoms with Crippen LogP contribution in [0.4, 0.5) is 22.4 Å². The number of alkyl halides is 4. The predicted molar refractivity (Wildman–Crippen MR) is 200 cm³/mol. The molecular formula is C41H41F4N7O5. The minimum absolute atomic E-state index is 0.00319. The van der Waals surface area contributed by atoms with Gasteiger partial charge < -0.3 is 39.7 Å². The summed E-state index contributed by atoms with van der Waals surface area (Å²) in [6.45, 7) is 5.17. The van der Waals surface area contributed by atoms with Gasteiger partial charge in [0.1, 0.15) is 17.7 Å². The third-order valence-corrected chi connectivity index (χ3v) is 11.6. The molecule has 12 nitrogen and oxygen atoms in total. The van der Waals surface area contributed by atoms with Gasteiger partial charge in [0.15, 0.2) is 5.79 Å². The first kappa shape index (κ1) is 37.3. The van der Waals surface area contributed by atoms with Gasteiger partial charge in [0.25, 0.3) is 0 Å². The van der Waals surface area contributed by atoms with Crippen LogP contribution >= 0.6 is 0 Å². The van der Waals surface area contributed by atoms with Crippen LogP contribution in [0.1, 0.15) is 68.0 Å². The van der Waals surface area contributed by atoms with Gasteiger partial charge in [0.05, 0.1) is 61.9 Å². The van der Waals surface area contributed by atoms with Crippen molar-refractivity contribution in [3.05, 3.63) is 83.6 Å². The Morgan fingerprint density at radius 2 is 1.58 bits per heavy atom. The molecule has 0 unspecified atom stereocenters. The molecule has 298 valence electrons. The van der Waals surface area contributed by atoms with Crippen molar-refractivity contribution in [2.24, 2.45) is 5.92 Å². The Morgan fingerprint density at radius 1 is 0.912 bits per heavy atom. The molecule has 5 heterocycles. The third-order valence-electron chi connectivity index (χ3n) is 11.6. The summed E-state index contributed by atoms with van der Waals surface area (Å²) in [6.07, 6.45) is 2.85. The van der Waals surface area contributed by atoms with E-state index in [1.54, 1.807) is 44.2 Å². The van der Waals surface area contributed by atoms with E-state index < -0.39 is 52.8 Å². The standard InChI is InChI=1S/C41H41F4N7O5/c1-21(2)34(51-38(54)55-3)37(53)52-20-39(56-13-14-57-39)18-33(52)36-47-19-32(50-36)24-7-10-26-25-9-6-22(15-27(25)40(42,43)41(44,45)28(26)16-24)23-8-11-29-31(17-23)49-35(48-29)30-5-4-12-46-30/h6-11,15-17,19,21,30,33-34,46H,4-5,12-14,18,20H2,1-3H3,(H,47,50)(H,48,49)(H,51,54)/t30-,33-,34-/m0/s1. The predicted octanol–water partition coefficient (Wildman–Crippen LogP) is 7.31. The van der Waals surface area contributed by atoms with Crippen molar-refractivity contribution in [1.82, 2.24) is 35.5 Å². The Labute approximate surface area is 324 Å². The van der Waals surface area contributed by atoms with Crippen LogP contribution in [0, 0.1) is 5.92 Å². The normalized spacial score (nSPS) is 22.2. The summed E-state index contributed by atoms with van der Waals surface area (Å²) in [7, 11) is 1.20. The molecule has 0 saturated carbocycles. The molecule has 1 spiro atoms. The molecule has 9 rings (SSSR count). The molecule has 0 radical (unpaired) electrons. The fourth-order valence-corrected chi connectivity index (χ4v) is 8.61. The molecule has 3 aliphatic heterocycles. The largest absolute Gasteiger partial charge is 0.453 e. The summed E-state index contributed by atoms with van der Waals surface area (Å²) in [5, 5.41) is 6.00. The Bertz CT molecular complexity index is 2380. The van der Waals surface area contributed by atoms with Crippen LogP contribution < -0.4 is 10.6 Å². The zero-order chi connectivity index (χ0) is 39.9. The maximum Gasteiger partial charge on any atom is 0.407 e. The maximum absolute atomic E-state index is 16.2. The number of carbonyl (C=O) groups excluding carboxylic acids is 2. The average Bonchev–Trinajstić information content (AvgIpc) is 4.06. The number of ether oxygens (including phenoxy) is 3. The van der Waals surface area contributed by atoms with Crippen LogP contribution in [0.25, 0.3) is 44.5 Å². The van der Waals surface area contributed by atoms with Crippen molar-refractivity contribution in [3.63, 3.8) is 0 Å². The van der Waals surface area contributed by atoms with Crippen LogP contribution in [0.5, 0.6) is 0 Å². The number of likely N-dealkylation sites (tertiary alicyclic amines) is 1. The van der Waals surface area contributed by atoms with E-state index in [0.717, 1.165) is 48.4 Å². The lowest BCUT2D eigenvalue weighted by Gasteiger charge is -2.35. The zero-order valence-corrected chi connectivity index (χ0v) is 31.4. The van der Waals surface area contributed by atoms with Crippen molar-refractivity contribution in [1.29, 1.82) is 0 Å². The van der Waals surface area contributed by atoms with Crippen LogP contribution in [0.15, 0.2) is 60.8 Å². The monoisotopic (exact) mass is 787 g/mol. The second-order valence-corrected chi connectivity index (χ2v) is 15.5. The molecule has 3 saturated heterocycles. The van der Waals surface area contributed by atoms with Gasteiger partial charge >= 0.3 is 17.9 Å². The second-order valence-electron chi connectivity index (χ2n) is 15.5. The molecule has 0 bridgehead atoms. The highest BCUT2D eigenvalue weighted by Crippen LogP contribution is 2.59. The van der Waals surface area contributed by atoms with E-state index in [0.29, 0.717) is 30.2 Å². The van der Waals surface area contributed by atoms with Crippen LogP contribution in [0.2, 0.25) is 0 Å². The highest BCUT2D eigenvalue weighted by atomic mass is 19.3. The summed E-state index contributed by atoms with van der Waals surface area (Å²) in [4.78, 5) is 43.3. The molecule has 57 heavy (non-hydrogen) atoms. The molecule has 4 aliphatic rings. The number of aromatic amines is 2. The smallest absolute Gasteiger partial charge is 0.407 e. The summed E-state index contributed by atoms with van der Waals surface area (Å²) in [5.41, 5.74) is 1.35. The van der Waals surface area contributed by atoms with Gasteiger partial charge in [0.2, 0.25) is 5.91 Å². The lowest BCUT2D eigenvalue weighted by molar-refractivity contribution is -0.225. The maximum atomic E-state index is 16.2. The first-order valence-corrected chi connectivity index (χ1v) is 19.1. The van der Waals surface area contributed by atoms with E-state index in [4.69, 9.17) is 14.2 Å². The van der Waals surface area contributed by atoms with Crippen LogP contribution in [-0.4, -0.2) is 82.1 Å². The van der Waals surface area contributed by atoms with E-state index in [1.807, 2.05) is 0 Å². The molecule has 3 aromatic carbocycles. The number of nitrogens with zero attached hydrogens (tertiary/aromatic N) is 3. The first-order valence-electron chi connectivity index (χ1n) is 19.1. The molecular weight excluding hydrogens is 746 g/mol. The summed E-state index contributed by atoms with van der Waals surface area (Å²) in [6, 6.07) is 12.2. The molecule has 3 fully saturated rings. The van der Waals surface area contributed by atoms with E-state index in [1.165, 1.54) is 30.3 Å². The van der Waals surface area contributed by atoms with Gasteiger partial charge in [-0.15, -0.1) is 0 Å². The molecule has 3 atom stereocenters. The molecule has 1 aliphatic carbocycles. The Balaban J connectivity index is 1.03. The number of aromatic nitrogens is 4. The van der Waals surface area contributed by atoms with Crippen molar-refractivity contribution >= 4 is 23.0 Å². The minimum Gasteiger partial charge on any atom is -0.453 e. The number of alkyl carbamates (subject to hydrolysis) is 1. The van der Waals surface area contributed by atoms with Crippen molar-refractivity contribution in [2.45, 2.75) is 68.9 Å². The van der Waals surface area contributed by atoms with Crippen molar-refractivity contribution in [2.75, 3.05) is 33.4 Å². The van der Waals surface area contributed by atoms with E-state index in [9.17, 15) is 9.59 Å². The topological polar surface area (TPSA) is 146 Å². The number of nitrogens with one attached hydrogen (secondary N) is 4. The zero-order valence-electron chi connectivity index (χ0n) is 31.4. The number of imidazole rings is 2. The van der Waals surface area contributed by atoms with Gasteiger partial charge in [-0.25, -0.2) is 14.8 Å². The van der Waals surface area contributed by atoms with E-state index >= 15 is 17.6 Å². The number of hydrogen-bond donors (Lipinski definition) is 4. The lowest BCUT2D eigenvalue weighted by Crippen LogP contribution is -2.52. The summed E-state index contributed by atoms with van der Waals surface area (Å²) >= 11 is 0. The van der Waals surface area contributed by atoms with E-state index in [2.05, 4.69) is 30.6 Å². The highest BCUT2D eigenvalue weighted by Gasteiger charge is 2.63. The minimum atomic E-state index is -4.56. The number of benzene rings is 3. The Hall–Kier alpha value is -5.32. The van der Waals surface area contributed by atoms with Crippen molar-refractivity contribution in [3.8, 4) is 33.5 Å². The van der Waals surface area contributed by atoms with Crippen LogP contribution in [0.3, 0.4) is 0 Å². The van der Waals surface area contributed by atoms with Gasteiger partial charge in [-0.2, -0.15) is 17.6 Å². The first-order chi connectivity index (χ1) is 27.3. The number of hydrogen-bond acceptors (Lipinski definition) is 8. The van der Waals surface area contributed by atoms with Gasteiger partial charge in [-0.05, 0) is 71.8 Å². The quantitative estimate of drug-likeness (QED) is 0.126. The fraction of sp³-hybridized carbons (Fsp3) is 0.415. The number of fused-ring (bicyclic) bond motifs is 4. The van der Waals surface area contributed by atoms with Gasteiger partial charge in [-0.1, -0.05) is 44.2 Å². The second kappa shape index (κ2) is 13.7. The number of methoxy groups -OCH3 is 1. The highest BCUT2D eigenvalue weighted by molar-refractivity contribution is 5.87. The third kappa shape index (κ3) is 6.16. The number of H-pyrrole nitrogens is 2. The number of halogens is 4.